The van der Waals surface area contributed by atoms with Crippen LogP contribution in [0.15, 0.2) is 35.6 Å². The van der Waals surface area contributed by atoms with Crippen LogP contribution in [0.5, 0.6) is 11.5 Å². The molecule has 0 N–H and O–H groups in total. The van der Waals surface area contributed by atoms with Crippen LogP contribution in [-0.4, -0.2) is 4.98 Å². The van der Waals surface area contributed by atoms with Gasteiger partial charge in [-0.1, -0.05) is 23.2 Å². The van der Waals surface area contributed by atoms with E-state index in [1.807, 2.05) is 0 Å². The first-order valence-corrected chi connectivity index (χ1v) is 5.48. The van der Waals surface area contributed by atoms with Gasteiger partial charge in [0.1, 0.15) is 10.7 Å². The fourth-order valence-electron chi connectivity index (χ4n) is 1.23. The summed E-state index contributed by atoms with van der Waals surface area (Å²) < 4.78 is 18.8. The lowest BCUT2D eigenvalue weighted by molar-refractivity contribution is 0.442. The van der Waals surface area contributed by atoms with Gasteiger partial charge in [0.15, 0.2) is 22.5 Å². The highest BCUT2D eigenvalue weighted by Crippen LogP contribution is 2.34. The van der Waals surface area contributed by atoms with Gasteiger partial charge in [-0.25, -0.2) is 9.37 Å². The highest BCUT2D eigenvalue weighted by molar-refractivity contribution is 6.42. The molecule has 1 aromatic heterocycles. The number of nitrogens with zero attached hydrogens (tertiary/aromatic N) is 2. The highest BCUT2D eigenvalue weighted by Gasteiger charge is 2.11. The Morgan fingerprint density at radius 1 is 1.22 bits per heavy atom. The van der Waals surface area contributed by atoms with Gasteiger partial charge in [-0.15, -0.1) is 4.91 Å². The van der Waals surface area contributed by atoms with Gasteiger partial charge in [-0.05, 0) is 17.3 Å². The molecular weight excluding hydrogens is 282 g/mol. The zero-order valence-corrected chi connectivity index (χ0v) is 10.2. The van der Waals surface area contributed by atoms with Crippen molar-refractivity contribution in [3.05, 3.63) is 51.4 Å². The minimum atomic E-state index is -0.726. The van der Waals surface area contributed by atoms with E-state index in [0.717, 1.165) is 6.07 Å². The number of benzene rings is 1. The monoisotopic (exact) mass is 286 g/mol. The van der Waals surface area contributed by atoms with E-state index in [9.17, 15) is 9.30 Å². The van der Waals surface area contributed by atoms with Crippen molar-refractivity contribution in [3.63, 3.8) is 0 Å². The van der Waals surface area contributed by atoms with Crippen LogP contribution in [0.25, 0.3) is 0 Å². The molecular formula is C11H5Cl2FN2O2. The summed E-state index contributed by atoms with van der Waals surface area (Å²) in [6, 6.07) is 5.00. The van der Waals surface area contributed by atoms with Crippen LogP contribution in [-0.2, 0) is 0 Å². The molecule has 0 aliphatic rings. The first kappa shape index (κ1) is 12.7. The molecule has 0 saturated heterocycles. The molecule has 1 aromatic carbocycles. The van der Waals surface area contributed by atoms with Gasteiger partial charge in [0, 0.05) is 18.3 Å². The van der Waals surface area contributed by atoms with Crippen LogP contribution in [0.3, 0.4) is 0 Å². The molecule has 1 heterocycles. The first-order chi connectivity index (χ1) is 8.61. The van der Waals surface area contributed by atoms with E-state index in [2.05, 4.69) is 10.2 Å². The summed E-state index contributed by atoms with van der Waals surface area (Å²) >= 11 is 11.5. The fraction of sp³-hybridized carbons (Fsp3) is 0. The lowest BCUT2D eigenvalue weighted by atomic mass is 10.3. The summed E-state index contributed by atoms with van der Waals surface area (Å²) in [7, 11) is 0. The molecule has 2 rings (SSSR count). The zero-order chi connectivity index (χ0) is 13.1. The number of hydrogen-bond acceptors (Lipinski definition) is 4. The normalized spacial score (nSPS) is 10.2. The van der Waals surface area contributed by atoms with E-state index in [-0.39, 0.29) is 27.4 Å². The molecule has 0 bridgehead atoms. The molecule has 0 atom stereocenters. The van der Waals surface area contributed by atoms with Gasteiger partial charge in [0.2, 0.25) is 0 Å². The summed E-state index contributed by atoms with van der Waals surface area (Å²) in [4.78, 5) is 14.0. The van der Waals surface area contributed by atoms with Crippen LogP contribution < -0.4 is 4.74 Å². The molecule has 2 aromatic rings. The third kappa shape index (κ3) is 2.57. The van der Waals surface area contributed by atoms with Crippen LogP contribution >= 0.6 is 23.2 Å². The molecule has 0 amide bonds. The largest absolute Gasteiger partial charge is 0.453 e. The van der Waals surface area contributed by atoms with Gasteiger partial charge in [0.05, 0.1) is 0 Å². The average molecular weight is 287 g/mol. The predicted molar refractivity (Wildman–Crippen MR) is 66.2 cm³/mol. The molecule has 0 aliphatic heterocycles. The molecule has 4 nitrogen and oxygen atoms in total. The first-order valence-electron chi connectivity index (χ1n) is 4.72. The second-order valence-electron chi connectivity index (χ2n) is 3.22. The van der Waals surface area contributed by atoms with Crippen molar-refractivity contribution in [3.8, 4) is 11.5 Å². The Hall–Kier alpha value is -1.72. The van der Waals surface area contributed by atoms with E-state index in [4.69, 9.17) is 27.9 Å². The Kier molecular flexibility index (Phi) is 3.74. The maximum Gasteiger partial charge on any atom is 0.167 e. The van der Waals surface area contributed by atoms with Crippen LogP contribution in [0.2, 0.25) is 10.2 Å². The molecule has 0 spiro atoms. The molecule has 0 fully saturated rings. The second-order valence-corrected chi connectivity index (χ2v) is 3.96. The van der Waals surface area contributed by atoms with Gasteiger partial charge < -0.3 is 4.74 Å². The maximum absolute atomic E-state index is 13.5. The SMILES string of the molecule is O=Nc1ccc(Oc2ccnc(Cl)c2Cl)c(F)c1. The molecule has 0 radical (unpaired) electrons. The standard InChI is InChI=1S/C11H5Cl2FN2O2/c12-10-9(3-4-15-11(10)13)18-8-2-1-6(16-17)5-7(8)14/h1-5H. The minimum absolute atomic E-state index is 0.0290. The van der Waals surface area contributed by atoms with E-state index in [1.54, 1.807) is 0 Å². The molecule has 18 heavy (non-hydrogen) atoms. The number of nitroso groups, excluding NO2 is 1. The number of pyridine rings is 1. The summed E-state index contributed by atoms with van der Waals surface area (Å²) in [5.74, 6) is -0.648. The Bertz CT molecular complexity index is 608. The van der Waals surface area contributed by atoms with E-state index < -0.39 is 5.82 Å². The average Bonchev–Trinajstić information content (AvgIpc) is 2.37. The Morgan fingerprint density at radius 2 is 2.00 bits per heavy atom. The van der Waals surface area contributed by atoms with Crippen LogP contribution in [0.1, 0.15) is 0 Å². The topological polar surface area (TPSA) is 51.5 Å². The molecule has 92 valence electrons. The minimum Gasteiger partial charge on any atom is -0.453 e. The van der Waals surface area contributed by atoms with Crippen molar-refractivity contribution < 1.29 is 9.13 Å². The number of aromatic nitrogens is 1. The van der Waals surface area contributed by atoms with Crippen LogP contribution in [0.4, 0.5) is 10.1 Å². The Morgan fingerprint density at radius 3 is 2.67 bits per heavy atom. The predicted octanol–water partition coefficient (Wildman–Crippen LogP) is 4.72. The number of ether oxygens (including phenoxy) is 1. The van der Waals surface area contributed by atoms with Crippen molar-refractivity contribution in [1.82, 2.24) is 4.98 Å². The van der Waals surface area contributed by atoms with Crippen molar-refractivity contribution in [2.24, 2.45) is 5.18 Å². The lowest BCUT2D eigenvalue weighted by Gasteiger charge is -2.08. The van der Waals surface area contributed by atoms with Gasteiger partial charge in [-0.2, -0.15) is 0 Å². The van der Waals surface area contributed by atoms with E-state index >= 15 is 0 Å². The van der Waals surface area contributed by atoms with Crippen molar-refractivity contribution in [1.29, 1.82) is 0 Å². The summed E-state index contributed by atoms with van der Waals surface area (Å²) in [6.07, 6.45) is 1.38. The Labute approximate surface area is 111 Å². The number of hydrogen-bond donors (Lipinski definition) is 0. The maximum atomic E-state index is 13.5. The van der Waals surface area contributed by atoms with Crippen LogP contribution in [0, 0.1) is 10.7 Å². The van der Waals surface area contributed by atoms with E-state index in [0.29, 0.717) is 0 Å². The third-order valence-electron chi connectivity index (χ3n) is 2.05. The second kappa shape index (κ2) is 5.29. The summed E-state index contributed by atoms with van der Waals surface area (Å²) in [5.41, 5.74) is -0.0290. The fourth-order valence-corrected chi connectivity index (χ4v) is 1.53. The number of halogens is 3. The molecule has 7 heteroatoms. The van der Waals surface area contributed by atoms with Gasteiger partial charge in [0.25, 0.3) is 0 Å². The van der Waals surface area contributed by atoms with Gasteiger partial charge in [-0.3, -0.25) is 0 Å². The van der Waals surface area contributed by atoms with Gasteiger partial charge >= 0.3 is 0 Å². The lowest BCUT2D eigenvalue weighted by Crippen LogP contribution is -1.90. The molecule has 0 unspecified atom stereocenters. The van der Waals surface area contributed by atoms with Crippen molar-refractivity contribution in [2.75, 3.05) is 0 Å². The third-order valence-corrected chi connectivity index (χ3v) is 2.80. The Balaban J connectivity index is 2.34. The molecule has 0 aliphatic carbocycles. The molecule has 0 saturated carbocycles. The summed E-state index contributed by atoms with van der Waals surface area (Å²) in [6.45, 7) is 0. The quantitative estimate of drug-likeness (QED) is 0.606. The van der Waals surface area contributed by atoms with Crippen molar-refractivity contribution in [2.45, 2.75) is 0 Å². The smallest absolute Gasteiger partial charge is 0.167 e. The number of rotatable bonds is 3. The zero-order valence-electron chi connectivity index (χ0n) is 8.73. The van der Waals surface area contributed by atoms with E-state index in [1.165, 1.54) is 24.4 Å². The highest BCUT2D eigenvalue weighted by atomic mass is 35.5. The van der Waals surface area contributed by atoms with Crippen molar-refractivity contribution >= 4 is 28.9 Å². The summed E-state index contributed by atoms with van der Waals surface area (Å²) in [5, 5.41) is 2.74.